The zero-order valence-corrected chi connectivity index (χ0v) is 15.2. The number of imidazole rings is 1. The van der Waals surface area contributed by atoms with E-state index in [9.17, 15) is 4.79 Å². The van der Waals surface area contributed by atoms with E-state index in [1.807, 2.05) is 36.8 Å². The third kappa shape index (κ3) is 4.05. The zero-order valence-electron chi connectivity index (χ0n) is 15.2. The topological polar surface area (TPSA) is 63.9 Å². The largest absolute Gasteiger partial charge is 0.337 e. The maximum atomic E-state index is 13.1. The lowest BCUT2D eigenvalue weighted by Gasteiger charge is -2.36. The normalized spacial score (nSPS) is 17.0. The molecule has 1 fully saturated rings. The molecule has 6 heteroatoms. The Morgan fingerprint density at radius 1 is 1.07 bits per heavy atom. The molecule has 1 saturated heterocycles. The van der Waals surface area contributed by atoms with Gasteiger partial charge in [0.05, 0.1) is 6.33 Å². The smallest absolute Gasteiger partial charge is 0.254 e. The number of hydrogen-bond acceptors (Lipinski definition) is 4. The van der Waals surface area contributed by atoms with Crippen molar-refractivity contribution in [3.05, 3.63) is 67.0 Å². The van der Waals surface area contributed by atoms with Crippen LogP contribution in [0.3, 0.4) is 0 Å². The molecule has 3 heterocycles. The van der Waals surface area contributed by atoms with E-state index < -0.39 is 0 Å². The second-order valence-electron chi connectivity index (χ2n) is 6.89. The summed E-state index contributed by atoms with van der Waals surface area (Å²) in [6.07, 6.45) is 13.3. The van der Waals surface area contributed by atoms with E-state index in [2.05, 4.69) is 24.4 Å². The van der Waals surface area contributed by atoms with Crippen LogP contribution in [0.2, 0.25) is 0 Å². The summed E-state index contributed by atoms with van der Waals surface area (Å²) in [5.74, 6) is 0.790. The lowest BCUT2D eigenvalue weighted by Crippen LogP contribution is -2.44. The Bertz CT molecular complexity index is 861. The van der Waals surface area contributed by atoms with Gasteiger partial charge in [0.2, 0.25) is 0 Å². The first-order valence-corrected chi connectivity index (χ1v) is 9.45. The van der Waals surface area contributed by atoms with Gasteiger partial charge in [-0.2, -0.15) is 0 Å². The molecule has 1 aliphatic heterocycles. The van der Waals surface area contributed by atoms with Gasteiger partial charge in [-0.3, -0.25) is 4.79 Å². The Hall–Kier alpha value is -3.02. The van der Waals surface area contributed by atoms with Gasteiger partial charge in [-0.25, -0.2) is 15.0 Å². The average Bonchev–Trinajstić information content (AvgIpc) is 3.26. The molecule has 138 valence electrons. The van der Waals surface area contributed by atoms with Crippen LogP contribution in [-0.2, 0) is 6.54 Å². The summed E-state index contributed by atoms with van der Waals surface area (Å²) in [5, 5.41) is 0. The van der Waals surface area contributed by atoms with Gasteiger partial charge in [-0.1, -0.05) is 12.1 Å². The fourth-order valence-electron chi connectivity index (χ4n) is 3.66. The molecule has 1 amide bonds. The number of likely N-dealkylation sites (tertiary alicyclic amines) is 1. The summed E-state index contributed by atoms with van der Waals surface area (Å²) in [4.78, 5) is 27.8. The number of carbonyl (C=O) groups excluding carboxylic acids is 1. The molecule has 0 aliphatic carbocycles. The highest BCUT2D eigenvalue weighted by atomic mass is 16.2. The third-order valence-electron chi connectivity index (χ3n) is 5.12. The summed E-state index contributed by atoms with van der Waals surface area (Å²) < 4.78 is 2.08. The minimum atomic E-state index is 0.117. The van der Waals surface area contributed by atoms with Gasteiger partial charge in [0.1, 0.15) is 0 Å². The van der Waals surface area contributed by atoms with Crippen molar-refractivity contribution in [2.45, 2.75) is 38.3 Å². The van der Waals surface area contributed by atoms with Gasteiger partial charge >= 0.3 is 0 Å². The van der Waals surface area contributed by atoms with Gasteiger partial charge in [0.15, 0.2) is 5.82 Å². The number of carbonyl (C=O) groups is 1. The van der Waals surface area contributed by atoms with Crippen molar-refractivity contribution in [1.29, 1.82) is 0 Å². The first-order valence-electron chi connectivity index (χ1n) is 9.45. The van der Waals surface area contributed by atoms with E-state index >= 15 is 0 Å². The molecule has 1 atom stereocenters. The number of piperidine rings is 1. The number of hydrogen-bond donors (Lipinski definition) is 0. The first kappa shape index (κ1) is 17.4. The van der Waals surface area contributed by atoms with Crippen molar-refractivity contribution in [2.75, 3.05) is 6.54 Å². The molecular formula is C21H23N5O. The van der Waals surface area contributed by atoms with Crippen LogP contribution in [0, 0.1) is 0 Å². The van der Waals surface area contributed by atoms with E-state index in [4.69, 9.17) is 0 Å². The number of benzene rings is 1. The van der Waals surface area contributed by atoms with Crippen LogP contribution < -0.4 is 0 Å². The van der Waals surface area contributed by atoms with Crippen LogP contribution in [0.15, 0.2) is 61.4 Å². The monoisotopic (exact) mass is 361 g/mol. The molecule has 1 aromatic carbocycles. The van der Waals surface area contributed by atoms with Crippen LogP contribution in [0.5, 0.6) is 0 Å². The molecule has 0 N–H and O–H groups in total. The molecule has 3 aromatic rings. The SMILES string of the molecule is O=C(c1ccc(-c2ncccn2)cc1)N1CCCCC1CCn1ccnc1. The van der Waals surface area contributed by atoms with E-state index in [1.165, 1.54) is 6.42 Å². The van der Waals surface area contributed by atoms with Gasteiger partial charge in [0, 0.05) is 55.0 Å². The van der Waals surface area contributed by atoms with E-state index in [0.717, 1.165) is 43.5 Å². The molecule has 2 aromatic heterocycles. The van der Waals surface area contributed by atoms with Crippen molar-refractivity contribution >= 4 is 5.91 Å². The summed E-state index contributed by atoms with van der Waals surface area (Å²) in [5.41, 5.74) is 1.65. The fourth-order valence-corrected chi connectivity index (χ4v) is 3.66. The highest BCUT2D eigenvalue weighted by Crippen LogP contribution is 2.23. The molecule has 1 unspecified atom stereocenters. The van der Waals surface area contributed by atoms with Crippen LogP contribution in [0.1, 0.15) is 36.0 Å². The second kappa shape index (κ2) is 8.12. The number of amides is 1. The maximum absolute atomic E-state index is 13.1. The summed E-state index contributed by atoms with van der Waals surface area (Å²) in [6.45, 7) is 1.72. The number of aromatic nitrogens is 4. The van der Waals surface area contributed by atoms with Gasteiger partial charge in [-0.15, -0.1) is 0 Å². The maximum Gasteiger partial charge on any atom is 0.254 e. The predicted octanol–water partition coefficient (Wildman–Crippen LogP) is 3.43. The van der Waals surface area contributed by atoms with Crippen LogP contribution in [-0.4, -0.2) is 42.9 Å². The van der Waals surface area contributed by atoms with Crippen LogP contribution in [0.25, 0.3) is 11.4 Å². The summed E-state index contributed by atoms with van der Waals surface area (Å²) in [7, 11) is 0. The lowest BCUT2D eigenvalue weighted by atomic mass is 9.98. The van der Waals surface area contributed by atoms with E-state index in [-0.39, 0.29) is 11.9 Å². The van der Waals surface area contributed by atoms with Crippen LogP contribution >= 0.6 is 0 Å². The molecule has 0 saturated carbocycles. The fraction of sp³-hybridized carbons (Fsp3) is 0.333. The Kier molecular flexibility index (Phi) is 5.23. The van der Waals surface area contributed by atoms with Crippen LogP contribution in [0.4, 0.5) is 0 Å². The molecular weight excluding hydrogens is 338 g/mol. The standard InChI is InChI=1S/C21H23N5O/c27-21(18-7-5-17(6-8-18)20-23-10-3-11-24-20)26-13-2-1-4-19(26)9-14-25-15-12-22-16-25/h3,5-8,10-12,15-16,19H,1-2,4,9,13-14H2. The van der Waals surface area contributed by atoms with Gasteiger partial charge in [0.25, 0.3) is 5.91 Å². The second-order valence-corrected chi connectivity index (χ2v) is 6.89. The van der Waals surface area contributed by atoms with Crippen molar-refractivity contribution in [1.82, 2.24) is 24.4 Å². The molecule has 0 spiro atoms. The van der Waals surface area contributed by atoms with Crippen molar-refractivity contribution < 1.29 is 4.79 Å². The average molecular weight is 361 g/mol. The quantitative estimate of drug-likeness (QED) is 0.698. The summed E-state index contributed by atoms with van der Waals surface area (Å²) >= 11 is 0. The van der Waals surface area contributed by atoms with Crippen molar-refractivity contribution in [3.63, 3.8) is 0 Å². The van der Waals surface area contributed by atoms with Crippen molar-refractivity contribution in [3.8, 4) is 11.4 Å². The number of aryl methyl sites for hydroxylation is 1. The molecule has 1 aliphatic rings. The first-order chi connectivity index (χ1) is 13.3. The number of nitrogens with zero attached hydrogens (tertiary/aromatic N) is 5. The zero-order chi connectivity index (χ0) is 18.5. The Labute approximate surface area is 158 Å². The minimum absolute atomic E-state index is 0.117. The van der Waals surface area contributed by atoms with Gasteiger partial charge < -0.3 is 9.47 Å². The Morgan fingerprint density at radius 3 is 2.63 bits per heavy atom. The third-order valence-corrected chi connectivity index (χ3v) is 5.12. The highest BCUT2D eigenvalue weighted by Gasteiger charge is 2.27. The molecule has 4 rings (SSSR count). The summed E-state index contributed by atoms with van der Waals surface area (Å²) in [6, 6.07) is 9.69. The van der Waals surface area contributed by atoms with E-state index in [0.29, 0.717) is 5.82 Å². The Morgan fingerprint density at radius 2 is 1.89 bits per heavy atom. The number of rotatable bonds is 5. The molecule has 0 bridgehead atoms. The predicted molar refractivity (Wildman–Crippen MR) is 103 cm³/mol. The van der Waals surface area contributed by atoms with Crippen molar-refractivity contribution in [2.24, 2.45) is 0 Å². The molecule has 6 nitrogen and oxygen atoms in total. The molecule has 0 radical (unpaired) electrons. The Balaban J connectivity index is 1.46. The highest BCUT2D eigenvalue weighted by molar-refractivity contribution is 5.94. The van der Waals surface area contributed by atoms with E-state index in [1.54, 1.807) is 24.7 Å². The molecule has 27 heavy (non-hydrogen) atoms. The van der Waals surface area contributed by atoms with Gasteiger partial charge in [-0.05, 0) is 43.9 Å². The lowest BCUT2D eigenvalue weighted by molar-refractivity contribution is 0.0595. The minimum Gasteiger partial charge on any atom is -0.337 e.